The Morgan fingerprint density at radius 2 is 1.77 bits per heavy atom. The highest BCUT2D eigenvalue weighted by molar-refractivity contribution is 5.84. The quantitative estimate of drug-likeness (QED) is 0.314. The van der Waals surface area contributed by atoms with Gasteiger partial charge in [-0.25, -0.2) is 4.98 Å². The number of H-pyrrole nitrogens is 1. The second kappa shape index (κ2) is 8.54. The van der Waals surface area contributed by atoms with Crippen molar-refractivity contribution in [2.24, 2.45) is 0 Å². The van der Waals surface area contributed by atoms with Gasteiger partial charge in [0.25, 0.3) is 0 Å². The summed E-state index contributed by atoms with van der Waals surface area (Å²) in [6, 6.07) is 8.77. The van der Waals surface area contributed by atoms with E-state index < -0.39 is 37.3 Å². The van der Waals surface area contributed by atoms with Crippen molar-refractivity contribution >= 4 is 11.0 Å². The number of aliphatic hydroxyl groups excluding tert-OH is 4. The lowest BCUT2D eigenvalue weighted by atomic mass is 9.99. The van der Waals surface area contributed by atoms with Gasteiger partial charge in [0.05, 0.1) is 12.0 Å². The molecule has 3 heterocycles. The van der Waals surface area contributed by atoms with Crippen LogP contribution in [-0.2, 0) is 17.6 Å². The van der Waals surface area contributed by atoms with E-state index in [4.69, 9.17) is 9.47 Å². The number of aryl methyl sites for hydroxylation is 2. The van der Waals surface area contributed by atoms with Crippen LogP contribution in [0.25, 0.3) is 11.0 Å². The number of nitrogens with zero attached hydrogens (tertiary/aromatic N) is 2. The molecule has 1 aliphatic rings. The van der Waals surface area contributed by atoms with Crippen LogP contribution in [0.15, 0.2) is 36.5 Å². The van der Waals surface area contributed by atoms with E-state index >= 15 is 0 Å². The van der Waals surface area contributed by atoms with Gasteiger partial charge in [-0.05, 0) is 42.2 Å². The number of ether oxygens (including phenoxy) is 2. The number of hydrogen-bond acceptors (Lipinski definition) is 9. The van der Waals surface area contributed by atoms with Crippen molar-refractivity contribution in [2.75, 3.05) is 6.61 Å². The van der Waals surface area contributed by atoms with Crippen LogP contribution in [0.3, 0.4) is 0 Å². The number of nitrogens with one attached hydrogen (secondary N) is 1. The minimum Gasteiger partial charge on any atom is -0.508 e. The van der Waals surface area contributed by atoms with Gasteiger partial charge >= 0.3 is 0 Å². The number of aromatic nitrogens is 3. The summed E-state index contributed by atoms with van der Waals surface area (Å²) in [5.74, 6) is 0.332. The van der Waals surface area contributed by atoms with Gasteiger partial charge in [0, 0.05) is 6.20 Å². The lowest BCUT2D eigenvalue weighted by Gasteiger charge is -2.39. The van der Waals surface area contributed by atoms with Gasteiger partial charge in [-0.2, -0.15) is 0 Å². The number of rotatable bonds is 6. The molecule has 0 spiro atoms. The fourth-order valence-electron chi connectivity index (χ4n) is 3.49. The molecular weight excluding hydrogens is 394 g/mol. The van der Waals surface area contributed by atoms with Crippen molar-refractivity contribution in [1.29, 1.82) is 0 Å². The van der Waals surface area contributed by atoms with Crippen LogP contribution in [0, 0.1) is 0 Å². The zero-order chi connectivity index (χ0) is 21.3. The highest BCUT2D eigenvalue weighted by atomic mass is 16.7. The van der Waals surface area contributed by atoms with E-state index in [2.05, 4.69) is 15.2 Å². The average molecular weight is 417 g/mol. The summed E-state index contributed by atoms with van der Waals surface area (Å²) in [4.78, 5) is 4.24. The number of hydrogen-bond donors (Lipinski definition) is 6. The Hall–Kier alpha value is -2.76. The van der Waals surface area contributed by atoms with E-state index in [1.54, 1.807) is 18.3 Å². The van der Waals surface area contributed by atoms with Crippen molar-refractivity contribution in [2.45, 2.75) is 43.5 Å². The first kappa shape index (κ1) is 20.5. The molecule has 0 amide bonds. The van der Waals surface area contributed by atoms with Crippen molar-refractivity contribution < 1.29 is 35.0 Å². The van der Waals surface area contributed by atoms with Crippen molar-refractivity contribution in [1.82, 2.24) is 15.2 Å². The molecule has 0 bridgehead atoms. The van der Waals surface area contributed by atoms with Gasteiger partial charge < -0.3 is 35.0 Å². The molecule has 1 aliphatic heterocycles. The summed E-state index contributed by atoms with van der Waals surface area (Å²) < 4.78 is 11.1. The zero-order valence-electron chi connectivity index (χ0n) is 15.9. The molecule has 1 fully saturated rings. The van der Waals surface area contributed by atoms with Crippen molar-refractivity contribution in [3.63, 3.8) is 0 Å². The van der Waals surface area contributed by atoms with Crippen LogP contribution >= 0.6 is 0 Å². The topological polar surface area (TPSA) is 161 Å². The molecule has 10 heteroatoms. The smallest absolute Gasteiger partial charge is 0.244 e. The number of pyridine rings is 1. The first-order chi connectivity index (χ1) is 14.5. The van der Waals surface area contributed by atoms with Gasteiger partial charge in [0.15, 0.2) is 5.65 Å². The Morgan fingerprint density at radius 3 is 2.50 bits per heavy atom. The monoisotopic (exact) mass is 417 g/mol. The van der Waals surface area contributed by atoms with Crippen LogP contribution < -0.4 is 4.74 Å². The van der Waals surface area contributed by atoms with Gasteiger partial charge in [-0.15, -0.1) is 5.10 Å². The summed E-state index contributed by atoms with van der Waals surface area (Å²) in [6.07, 6.45) is -3.99. The van der Waals surface area contributed by atoms with Crippen molar-refractivity contribution in [3.8, 4) is 11.6 Å². The lowest BCUT2D eigenvalue weighted by Crippen LogP contribution is -2.60. The van der Waals surface area contributed by atoms with Gasteiger partial charge in [0.2, 0.25) is 12.2 Å². The zero-order valence-corrected chi connectivity index (χ0v) is 15.9. The molecule has 5 atom stereocenters. The largest absolute Gasteiger partial charge is 0.508 e. The Morgan fingerprint density at radius 1 is 1.00 bits per heavy atom. The molecule has 160 valence electrons. The summed E-state index contributed by atoms with van der Waals surface area (Å²) in [7, 11) is 0. The number of benzene rings is 1. The van der Waals surface area contributed by atoms with Gasteiger partial charge in [-0.3, -0.25) is 5.10 Å². The van der Waals surface area contributed by atoms with E-state index in [9.17, 15) is 25.5 Å². The molecule has 2 aromatic heterocycles. The second-order valence-electron chi connectivity index (χ2n) is 7.20. The van der Waals surface area contributed by atoms with E-state index in [0.29, 0.717) is 23.9 Å². The number of phenols is 1. The molecule has 3 aromatic rings. The number of aromatic hydroxyl groups is 1. The molecule has 1 aromatic carbocycles. The Labute approximate surface area is 171 Å². The lowest BCUT2D eigenvalue weighted by molar-refractivity contribution is -0.277. The van der Waals surface area contributed by atoms with Crippen LogP contribution in [0.1, 0.15) is 11.1 Å². The maximum Gasteiger partial charge on any atom is 0.244 e. The second-order valence-corrected chi connectivity index (χ2v) is 7.20. The number of fused-ring (bicyclic) bond motifs is 1. The Kier molecular flexibility index (Phi) is 5.84. The average Bonchev–Trinajstić information content (AvgIpc) is 3.17. The highest BCUT2D eigenvalue weighted by Gasteiger charge is 2.45. The van der Waals surface area contributed by atoms with Crippen molar-refractivity contribution in [3.05, 3.63) is 47.7 Å². The Balaban J connectivity index is 1.57. The van der Waals surface area contributed by atoms with E-state index in [0.717, 1.165) is 11.1 Å². The maximum absolute atomic E-state index is 10.2. The molecule has 4 rings (SSSR count). The fraction of sp³-hybridized carbons (Fsp3) is 0.400. The van der Waals surface area contributed by atoms with E-state index in [1.165, 1.54) is 0 Å². The number of aromatic amines is 1. The van der Waals surface area contributed by atoms with Gasteiger partial charge in [0.1, 0.15) is 30.2 Å². The van der Waals surface area contributed by atoms with E-state index in [-0.39, 0.29) is 11.6 Å². The molecule has 0 saturated carbocycles. The molecule has 10 nitrogen and oxygen atoms in total. The van der Waals surface area contributed by atoms with Crippen LogP contribution in [0.5, 0.6) is 11.6 Å². The third-order valence-corrected chi connectivity index (χ3v) is 5.21. The minimum absolute atomic E-state index is 0.128. The van der Waals surface area contributed by atoms with Gasteiger partial charge in [-0.1, -0.05) is 12.1 Å². The predicted molar refractivity (Wildman–Crippen MR) is 104 cm³/mol. The number of aliphatic hydroxyl groups is 4. The molecule has 6 N–H and O–H groups in total. The summed E-state index contributed by atoms with van der Waals surface area (Å²) in [5.41, 5.74) is 2.41. The summed E-state index contributed by atoms with van der Waals surface area (Å²) in [6.45, 7) is -0.550. The molecule has 0 radical (unpaired) electrons. The fourth-order valence-corrected chi connectivity index (χ4v) is 3.49. The van der Waals surface area contributed by atoms with E-state index in [1.807, 2.05) is 18.2 Å². The van der Waals surface area contributed by atoms with Crippen LogP contribution in [0.2, 0.25) is 0 Å². The SMILES string of the molecule is OC[C@H]1O[C@@H](Oc2n[nH]c3nccc(CCc4ccc(O)cc4)c23)[C@H](O)[C@@H](O)[C@@H]1O. The first-order valence-corrected chi connectivity index (χ1v) is 9.55. The summed E-state index contributed by atoms with van der Waals surface area (Å²) in [5, 5.41) is 56.3. The Bertz CT molecular complexity index is 992. The maximum atomic E-state index is 10.2. The highest BCUT2D eigenvalue weighted by Crippen LogP contribution is 2.30. The number of phenolic OH excluding ortho intramolecular Hbond substituents is 1. The molecule has 30 heavy (non-hydrogen) atoms. The molecular formula is C20H23N3O7. The predicted octanol–water partition coefficient (Wildman–Crippen LogP) is -0.373. The normalized spacial score (nSPS) is 26.7. The molecule has 0 aliphatic carbocycles. The molecule has 1 saturated heterocycles. The molecule has 0 unspecified atom stereocenters. The third-order valence-electron chi connectivity index (χ3n) is 5.21. The third kappa shape index (κ3) is 3.95. The minimum atomic E-state index is -1.54. The van der Waals surface area contributed by atoms with Crippen LogP contribution in [0.4, 0.5) is 0 Å². The summed E-state index contributed by atoms with van der Waals surface area (Å²) >= 11 is 0. The first-order valence-electron chi connectivity index (χ1n) is 9.55. The van der Waals surface area contributed by atoms with Crippen LogP contribution in [-0.4, -0.2) is 78.0 Å². The standard InChI is InChI=1S/C20H23N3O7/c24-9-13-15(26)16(27)17(28)20(29-13)30-19-14-11(7-8-21-18(14)22-23-19)4-1-10-2-5-12(25)6-3-10/h2-3,5-8,13,15-17,20,24-28H,1,4,9H2,(H,21,22,23)/t13-,15-,16+,17-,20+/m1/s1.